The number of allylic oxidation sites excluding steroid dienone is 1. The molecule has 144 valence electrons. The molecule has 0 aliphatic carbocycles. The van der Waals surface area contributed by atoms with Crippen LogP contribution in [0, 0.1) is 0 Å². The van der Waals surface area contributed by atoms with Crippen molar-refractivity contribution in [1.82, 2.24) is 15.0 Å². The fraction of sp³-hybridized carbons (Fsp3) is 0.0476. The maximum atomic E-state index is 5.82. The van der Waals surface area contributed by atoms with Gasteiger partial charge >= 0.3 is 0 Å². The van der Waals surface area contributed by atoms with E-state index in [4.69, 9.17) is 11.5 Å². The van der Waals surface area contributed by atoms with Gasteiger partial charge in [0.1, 0.15) is 10.8 Å². The third-order valence-electron chi connectivity index (χ3n) is 3.94. The summed E-state index contributed by atoms with van der Waals surface area (Å²) < 4.78 is 1.18. The lowest BCUT2D eigenvalue weighted by molar-refractivity contribution is 1.15. The van der Waals surface area contributed by atoms with Crippen LogP contribution >= 0.6 is 11.3 Å². The Bertz CT molecular complexity index is 1170. The van der Waals surface area contributed by atoms with Gasteiger partial charge in [-0.1, -0.05) is 12.1 Å². The molecular formula is C21H19N7S. The van der Waals surface area contributed by atoms with Crippen molar-refractivity contribution in [1.29, 1.82) is 0 Å². The Hall–Kier alpha value is -3.78. The van der Waals surface area contributed by atoms with E-state index >= 15 is 0 Å². The number of rotatable bonds is 5. The molecule has 0 radical (unpaired) electrons. The second-order valence-electron chi connectivity index (χ2n) is 6.35. The van der Waals surface area contributed by atoms with Gasteiger partial charge in [0, 0.05) is 29.2 Å². The molecule has 7 nitrogen and oxygen atoms in total. The number of nitrogens with one attached hydrogen (secondary N) is 1. The van der Waals surface area contributed by atoms with E-state index in [0.717, 1.165) is 21.8 Å². The number of anilines is 2. The van der Waals surface area contributed by atoms with E-state index in [1.807, 2.05) is 42.5 Å². The summed E-state index contributed by atoms with van der Waals surface area (Å²) in [5.41, 5.74) is 14.9. The Morgan fingerprint density at radius 3 is 2.59 bits per heavy atom. The summed E-state index contributed by atoms with van der Waals surface area (Å²) in [6, 6.07) is 17.8. The number of para-hydroxylation sites is 1. The van der Waals surface area contributed by atoms with Gasteiger partial charge in [0.2, 0.25) is 5.95 Å². The van der Waals surface area contributed by atoms with Crippen LogP contribution in [0.2, 0.25) is 0 Å². The molecule has 2 aromatic heterocycles. The molecule has 0 atom stereocenters. The van der Waals surface area contributed by atoms with E-state index in [0.29, 0.717) is 17.5 Å². The number of thiazole rings is 1. The number of fused-ring (bicyclic) bond motifs is 1. The zero-order chi connectivity index (χ0) is 20.2. The molecule has 0 spiro atoms. The average Bonchev–Trinajstić information content (AvgIpc) is 3.12. The third-order valence-corrected chi connectivity index (χ3v) is 5.03. The number of nitrogens with two attached hydrogens (primary N) is 2. The number of nitrogens with zero attached hydrogens (tertiary/aromatic N) is 4. The minimum Gasteiger partial charge on any atom is -0.402 e. The van der Waals surface area contributed by atoms with E-state index in [1.54, 1.807) is 36.6 Å². The normalized spacial score (nSPS) is 12.3. The van der Waals surface area contributed by atoms with Gasteiger partial charge < -0.3 is 16.8 Å². The molecule has 4 rings (SSSR count). The number of aliphatic imine (C=N–C) groups is 1. The minimum absolute atomic E-state index is 0.287. The van der Waals surface area contributed by atoms with Gasteiger partial charge in [0.05, 0.1) is 10.2 Å². The number of benzene rings is 2. The first kappa shape index (κ1) is 18.6. The van der Waals surface area contributed by atoms with Gasteiger partial charge in [-0.2, -0.15) is 4.98 Å². The monoisotopic (exact) mass is 401 g/mol. The Morgan fingerprint density at radius 1 is 1.03 bits per heavy atom. The molecular weight excluding hydrogens is 382 g/mol. The second kappa shape index (κ2) is 8.07. The lowest BCUT2D eigenvalue weighted by Crippen LogP contribution is -2.10. The van der Waals surface area contributed by atoms with Crippen LogP contribution in [-0.4, -0.2) is 20.8 Å². The van der Waals surface area contributed by atoms with Crippen molar-refractivity contribution in [3.8, 4) is 10.6 Å². The first-order chi connectivity index (χ1) is 14.1. The summed E-state index contributed by atoms with van der Waals surface area (Å²) >= 11 is 1.68. The molecule has 0 saturated heterocycles. The first-order valence-corrected chi connectivity index (χ1v) is 9.72. The molecule has 0 unspecified atom stereocenters. The maximum Gasteiger partial charge on any atom is 0.229 e. The van der Waals surface area contributed by atoms with Crippen LogP contribution < -0.4 is 16.8 Å². The van der Waals surface area contributed by atoms with Crippen molar-refractivity contribution < 1.29 is 0 Å². The van der Waals surface area contributed by atoms with Crippen molar-refractivity contribution >= 4 is 44.8 Å². The van der Waals surface area contributed by atoms with Crippen molar-refractivity contribution in [2.24, 2.45) is 16.5 Å². The Kier molecular flexibility index (Phi) is 5.17. The molecule has 2 heterocycles. The molecule has 0 bridgehead atoms. The third kappa shape index (κ3) is 4.56. The molecule has 0 saturated carbocycles. The van der Waals surface area contributed by atoms with E-state index in [2.05, 4.69) is 31.3 Å². The summed E-state index contributed by atoms with van der Waals surface area (Å²) in [6.45, 7) is 1.74. The summed E-state index contributed by atoms with van der Waals surface area (Å²) in [6.07, 6.45) is 3.20. The predicted octanol–water partition coefficient (Wildman–Crippen LogP) is 4.35. The predicted molar refractivity (Wildman–Crippen MR) is 120 cm³/mol. The van der Waals surface area contributed by atoms with Crippen molar-refractivity contribution in [3.05, 3.63) is 72.6 Å². The topological polar surface area (TPSA) is 115 Å². The fourth-order valence-corrected chi connectivity index (χ4v) is 3.66. The number of hydrogen-bond acceptors (Lipinski definition) is 7. The van der Waals surface area contributed by atoms with Crippen molar-refractivity contribution in [2.45, 2.75) is 6.92 Å². The molecule has 0 aliphatic rings. The summed E-state index contributed by atoms with van der Waals surface area (Å²) in [5, 5.41) is 4.16. The highest BCUT2D eigenvalue weighted by Crippen LogP contribution is 2.30. The van der Waals surface area contributed by atoms with Crippen LogP contribution in [0.4, 0.5) is 17.5 Å². The molecule has 5 N–H and O–H groups in total. The number of aromatic nitrogens is 3. The summed E-state index contributed by atoms with van der Waals surface area (Å²) in [7, 11) is 0. The van der Waals surface area contributed by atoms with Gasteiger partial charge in [-0.15, -0.1) is 11.3 Å². The SMILES string of the molecule is C/C(N)=C/C(N)=Nc1ccnc(Nc2ccc(-c3nc4ccccc4s3)cc2)n1. The van der Waals surface area contributed by atoms with Gasteiger partial charge in [-0.05, 0) is 49.4 Å². The zero-order valence-electron chi connectivity index (χ0n) is 15.7. The highest BCUT2D eigenvalue weighted by atomic mass is 32.1. The van der Waals surface area contributed by atoms with E-state index in [-0.39, 0.29) is 5.84 Å². The molecule has 0 aliphatic heterocycles. The van der Waals surface area contributed by atoms with Gasteiger partial charge in [0.25, 0.3) is 0 Å². The highest BCUT2D eigenvalue weighted by Gasteiger charge is 2.06. The first-order valence-electron chi connectivity index (χ1n) is 8.91. The zero-order valence-corrected chi connectivity index (χ0v) is 16.5. The molecule has 8 heteroatoms. The summed E-state index contributed by atoms with van der Waals surface area (Å²) in [5.74, 6) is 1.17. The Morgan fingerprint density at radius 2 is 1.83 bits per heavy atom. The number of hydrogen-bond donors (Lipinski definition) is 3. The molecule has 2 aromatic carbocycles. The van der Waals surface area contributed by atoms with E-state index < -0.39 is 0 Å². The van der Waals surface area contributed by atoms with E-state index in [9.17, 15) is 0 Å². The smallest absolute Gasteiger partial charge is 0.229 e. The molecule has 0 fully saturated rings. The quantitative estimate of drug-likeness (QED) is 0.338. The van der Waals surface area contributed by atoms with Crippen LogP contribution in [0.1, 0.15) is 6.92 Å². The lowest BCUT2D eigenvalue weighted by Gasteiger charge is -2.06. The second-order valence-corrected chi connectivity index (χ2v) is 7.38. The molecule has 0 amide bonds. The largest absolute Gasteiger partial charge is 0.402 e. The maximum absolute atomic E-state index is 5.82. The van der Waals surface area contributed by atoms with Gasteiger partial charge in [-0.25, -0.2) is 15.0 Å². The van der Waals surface area contributed by atoms with Crippen LogP contribution in [0.15, 0.2) is 77.6 Å². The Balaban J connectivity index is 1.52. The van der Waals surface area contributed by atoms with Gasteiger partial charge in [0.15, 0.2) is 5.82 Å². The van der Waals surface area contributed by atoms with Gasteiger partial charge in [-0.3, -0.25) is 0 Å². The number of amidine groups is 1. The lowest BCUT2D eigenvalue weighted by atomic mass is 10.2. The minimum atomic E-state index is 0.287. The van der Waals surface area contributed by atoms with Crippen molar-refractivity contribution in [2.75, 3.05) is 5.32 Å². The highest BCUT2D eigenvalue weighted by molar-refractivity contribution is 7.21. The van der Waals surface area contributed by atoms with E-state index in [1.165, 1.54) is 4.70 Å². The van der Waals surface area contributed by atoms with Crippen LogP contribution in [0.5, 0.6) is 0 Å². The molecule has 29 heavy (non-hydrogen) atoms. The van der Waals surface area contributed by atoms with Crippen LogP contribution in [0.25, 0.3) is 20.8 Å². The average molecular weight is 401 g/mol. The van der Waals surface area contributed by atoms with Crippen LogP contribution in [-0.2, 0) is 0 Å². The molecule has 4 aromatic rings. The van der Waals surface area contributed by atoms with Crippen molar-refractivity contribution in [3.63, 3.8) is 0 Å². The Labute approximate surface area is 171 Å². The van der Waals surface area contributed by atoms with Crippen LogP contribution in [0.3, 0.4) is 0 Å². The standard InChI is InChI=1S/C21H19N7S/c1-13(22)12-18(23)27-19-10-11-24-21(28-19)25-15-8-6-14(7-9-15)20-26-16-4-2-3-5-17(16)29-20/h2-12H,22H2,1H3,(H3,23,24,25,27,28)/b13-12-. The fourth-order valence-electron chi connectivity index (χ4n) is 2.69. The summed E-state index contributed by atoms with van der Waals surface area (Å²) in [4.78, 5) is 17.5.